The lowest BCUT2D eigenvalue weighted by Gasteiger charge is -2.32. The number of nitrogens with zero attached hydrogens (tertiary/aromatic N) is 10. The second-order valence-corrected chi connectivity index (χ2v) is 16.6. The standard InChI is InChI=1S/C41H48N12O6S/c1-22(2)36(41(57)52-20-26(54)15-32(52)40(56)46-23(3)29-18-44-30(19-43-29)38-24(4)45-21-60-38)34-17-35(50-59-34)58-14-13-51-11-9-25(10-12-51)53-31-16-28(27-7-5-6-8-33(27)55)47-48-37(31)39(42)49-53/h5-8,16-19,21-23,25-26,32,36,54-55H,9-15,20H2,1-4H3,(H2,42,49)(H,46,56)/t23-,26+,32-,36?/m0/s1. The second-order valence-electron chi connectivity index (χ2n) is 15.7. The van der Waals surface area contributed by atoms with E-state index in [4.69, 9.17) is 15.0 Å². The minimum Gasteiger partial charge on any atom is -0.507 e. The van der Waals surface area contributed by atoms with Crippen LogP contribution in [0.4, 0.5) is 5.82 Å². The number of nitrogens with two attached hydrogens (primary N) is 1. The van der Waals surface area contributed by atoms with E-state index in [1.807, 2.05) is 37.6 Å². The predicted octanol–water partition coefficient (Wildman–Crippen LogP) is 4.29. The Labute approximate surface area is 349 Å². The summed E-state index contributed by atoms with van der Waals surface area (Å²) in [6, 6.07) is 9.23. The van der Waals surface area contributed by atoms with E-state index < -0.39 is 24.1 Å². The molecule has 0 aliphatic carbocycles. The number of ether oxygens (including phenoxy) is 1. The van der Waals surface area contributed by atoms with E-state index in [2.05, 4.69) is 45.6 Å². The first-order chi connectivity index (χ1) is 28.9. The molecule has 1 unspecified atom stereocenters. The normalized spacial score (nSPS) is 18.6. The Morgan fingerprint density at radius 1 is 1.07 bits per heavy atom. The molecule has 0 saturated carbocycles. The molecule has 18 nitrogen and oxygen atoms in total. The van der Waals surface area contributed by atoms with Gasteiger partial charge in [-0.1, -0.05) is 26.0 Å². The van der Waals surface area contributed by atoms with Crippen LogP contribution in [0.25, 0.3) is 32.9 Å². The average molecular weight is 837 g/mol. The Morgan fingerprint density at radius 3 is 2.58 bits per heavy atom. The summed E-state index contributed by atoms with van der Waals surface area (Å²) in [7, 11) is 0. The number of aryl methyl sites for hydroxylation is 1. The SMILES string of the molecule is Cc1ncsc1-c1cnc([C@H](C)NC(=O)[C@@H]2C[C@@H](O)CN2C(=O)C(c2cc(OCCN3CCC(n4nc(N)c5nnc(-c6ccccc6O)cc54)CC3)no2)C(C)C)cn1. The van der Waals surface area contributed by atoms with Gasteiger partial charge in [-0.2, -0.15) is 5.10 Å². The molecule has 0 bridgehead atoms. The number of aliphatic hydroxyl groups excluding tert-OH is 1. The van der Waals surface area contributed by atoms with Gasteiger partial charge in [0.2, 0.25) is 11.8 Å². The van der Waals surface area contributed by atoms with Crippen LogP contribution in [-0.4, -0.2) is 117 Å². The van der Waals surface area contributed by atoms with E-state index >= 15 is 0 Å². The molecule has 2 aliphatic heterocycles. The van der Waals surface area contributed by atoms with Crippen molar-refractivity contribution < 1.29 is 29.1 Å². The molecule has 2 fully saturated rings. The Bertz CT molecular complexity index is 2460. The number of nitrogens with one attached hydrogen (secondary N) is 1. The number of thiazole rings is 1. The van der Waals surface area contributed by atoms with E-state index in [1.54, 1.807) is 49.1 Å². The number of phenols is 1. The van der Waals surface area contributed by atoms with E-state index in [1.165, 1.54) is 16.2 Å². The molecular formula is C41H48N12O6S. The van der Waals surface area contributed by atoms with Gasteiger partial charge >= 0.3 is 0 Å². The van der Waals surface area contributed by atoms with Crippen molar-refractivity contribution in [3.05, 3.63) is 71.5 Å². The van der Waals surface area contributed by atoms with Crippen LogP contribution < -0.4 is 15.8 Å². The number of amides is 2. The molecule has 2 aliphatic rings. The number of rotatable bonds is 13. The van der Waals surface area contributed by atoms with Crippen molar-refractivity contribution in [2.24, 2.45) is 5.92 Å². The zero-order valence-corrected chi connectivity index (χ0v) is 34.6. The predicted molar refractivity (Wildman–Crippen MR) is 222 cm³/mol. The Morgan fingerprint density at radius 2 is 1.87 bits per heavy atom. The smallest absolute Gasteiger partial charge is 0.254 e. The number of piperidine rings is 1. The summed E-state index contributed by atoms with van der Waals surface area (Å²) >= 11 is 1.48. The van der Waals surface area contributed by atoms with Crippen LogP contribution in [0.15, 0.2) is 58.8 Å². The van der Waals surface area contributed by atoms with Gasteiger partial charge in [-0.25, -0.2) is 4.98 Å². The number of likely N-dealkylation sites (tertiary alicyclic amines) is 2. The zero-order chi connectivity index (χ0) is 42.1. The lowest BCUT2D eigenvalue weighted by molar-refractivity contribution is -0.141. The molecular weight excluding hydrogens is 789 g/mol. The lowest BCUT2D eigenvalue weighted by atomic mass is 9.91. The number of aromatic nitrogens is 8. The highest BCUT2D eigenvalue weighted by atomic mass is 32.1. The maximum Gasteiger partial charge on any atom is 0.254 e. The number of nitrogen functional groups attached to an aromatic ring is 1. The fraction of sp³-hybridized carbons (Fsp3) is 0.439. The van der Waals surface area contributed by atoms with Crippen LogP contribution in [0.2, 0.25) is 0 Å². The Hall–Kier alpha value is -6.05. The van der Waals surface area contributed by atoms with E-state index in [-0.39, 0.29) is 48.4 Å². The van der Waals surface area contributed by atoms with Gasteiger partial charge < -0.3 is 35.4 Å². The minimum atomic E-state index is -0.884. The lowest BCUT2D eigenvalue weighted by Crippen LogP contribution is -2.48. The van der Waals surface area contributed by atoms with Crippen molar-refractivity contribution >= 4 is 40.0 Å². The number of fused-ring (bicyclic) bond motifs is 1. The number of hydrogen-bond donors (Lipinski definition) is 4. The quantitative estimate of drug-likeness (QED) is 0.127. The zero-order valence-electron chi connectivity index (χ0n) is 33.8. The number of benzene rings is 1. The molecule has 1 aromatic carbocycles. The van der Waals surface area contributed by atoms with E-state index in [0.29, 0.717) is 52.9 Å². The van der Waals surface area contributed by atoms with Crippen molar-refractivity contribution in [3.8, 4) is 33.5 Å². The molecule has 314 valence electrons. The number of carbonyl (C=O) groups excluding carboxylic acids is 2. The molecule has 2 saturated heterocycles. The van der Waals surface area contributed by atoms with Gasteiger partial charge in [0.05, 0.1) is 63.6 Å². The molecule has 6 aromatic rings. The number of aliphatic hydroxyl groups is 1. The van der Waals surface area contributed by atoms with Gasteiger partial charge in [0.25, 0.3) is 5.88 Å². The van der Waals surface area contributed by atoms with Crippen molar-refractivity contribution in [2.45, 2.75) is 77.1 Å². The molecule has 5 N–H and O–H groups in total. The summed E-state index contributed by atoms with van der Waals surface area (Å²) < 4.78 is 13.6. The third kappa shape index (κ3) is 8.37. The Kier molecular flexibility index (Phi) is 11.7. The van der Waals surface area contributed by atoms with Gasteiger partial charge in [0.1, 0.15) is 30.0 Å². The molecule has 0 radical (unpaired) electrons. The number of β-amino-alcohol motifs (C(OH)–C–C–N with tert-alkyl or cyclic N) is 1. The monoisotopic (exact) mass is 836 g/mol. The first-order valence-corrected chi connectivity index (χ1v) is 21.0. The van der Waals surface area contributed by atoms with Crippen LogP contribution >= 0.6 is 11.3 Å². The highest BCUT2D eigenvalue weighted by molar-refractivity contribution is 7.13. The number of hydrogen-bond acceptors (Lipinski definition) is 16. The van der Waals surface area contributed by atoms with Gasteiger partial charge in [-0.05, 0) is 56.0 Å². The third-order valence-electron chi connectivity index (χ3n) is 11.3. The maximum atomic E-state index is 14.2. The summed E-state index contributed by atoms with van der Waals surface area (Å²) in [5, 5.41) is 41.3. The van der Waals surface area contributed by atoms with Gasteiger partial charge in [0, 0.05) is 44.2 Å². The van der Waals surface area contributed by atoms with Crippen molar-refractivity contribution in [1.29, 1.82) is 0 Å². The van der Waals surface area contributed by atoms with Crippen molar-refractivity contribution in [3.63, 3.8) is 0 Å². The van der Waals surface area contributed by atoms with Crippen LogP contribution in [0.3, 0.4) is 0 Å². The average Bonchev–Trinajstić information content (AvgIpc) is 4.05. The topological polar surface area (TPSA) is 237 Å². The van der Waals surface area contributed by atoms with Crippen molar-refractivity contribution in [1.82, 2.24) is 55.2 Å². The maximum absolute atomic E-state index is 14.2. The van der Waals surface area contributed by atoms with Crippen LogP contribution in [0.5, 0.6) is 11.6 Å². The van der Waals surface area contributed by atoms with Crippen molar-refractivity contribution in [2.75, 3.05) is 38.5 Å². The highest BCUT2D eigenvalue weighted by Gasteiger charge is 2.43. The third-order valence-corrected chi connectivity index (χ3v) is 12.2. The Balaban J connectivity index is 0.849. The molecule has 5 aromatic heterocycles. The fourth-order valence-corrected chi connectivity index (χ4v) is 8.81. The second kappa shape index (κ2) is 17.3. The molecule has 60 heavy (non-hydrogen) atoms. The van der Waals surface area contributed by atoms with Crippen LogP contribution in [-0.2, 0) is 9.59 Å². The molecule has 2 amide bonds. The van der Waals surface area contributed by atoms with E-state index in [9.17, 15) is 19.8 Å². The molecule has 19 heteroatoms. The number of anilines is 1. The largest absolute Gasteiger partial charge is 0.507 e. The number of phenolic OH excluding ortho intramolecular Hbond substituents is 1. The fourth-order valence-electron chi connectivity index (χ4n) is 8.04. The highest BCUT2D eigenvalue weighted by Crippen LogP contribution is 2.35. The molecule has 7 heterocycles. The number of carbonyl (C=O) groups is 2. The minimum absolute atomic E-state index is 0.0167. The van der Waals surface area contributed by atoms with Gasteiger partial charge in [0.15, 0.2) is 17.1 Å². The first-order valence-electron chi connectivity index (χ1n) is 20.1. The number of aromatic hydroxyl groups is 1. The molecule has 8 rings (SSSR count). The molecule has 0 spiro atoms. The summed E-state index contributed by atoms with van der Waals surface area (Å²) in [6.07, 6.45) is 4.19. The van der Waals surface area contributed by atoms with Gasteiger partial charge in [-0.15, -0.1) is 21.5 Å². The van der Waals surface area contributed by atoms with Crippen LogP contribution in [0, 0.1) is 12.8 Å². The first kappa shape index (κ1) is 40.7. The summed E-state index contributed by atoms with van der Waals surface area (Å²) in [5.41, 5.74) is 12.6. The summed E-state index contributed by atoms with van der Waals surface area (Å²) in [6.45, 7) is 10.1. The number of para-hydroxylation sites is 1. The van der Waals surface area contributed by atoms with Crippen LogP contribution in [0.1, 0.15) is 75.2 Å². The van der Waals surface area contributed by atoms with Gasteiger partial charge in [-0.3, -0.25) is 29.1 Å². The summed E-state index contributed by atoms with van der Waals surface area (Å²) in [4.78, 5) is 45.8. The summed E-state index contributed by atoms with van der Waals surface area (Å²) in [5.74, 6) is -0.660. The van der Waals surface area contributed by atoms with E-state index in [0.717, 1.165) is 42.0 Å². The molecule has 4 atom stereocenters.